The highest BCUT2D eigenvalue weighted by Crippen LogP contribution is 2.23. The Bertz CT molecular complexity index is 325. The lowest BCUT2D eigenvalue weighted by Gasteiger charge is -2.11. The van der Waals surface area contributed by atoms with Crippen LogP contribution < -0.4 is 0 Å². The summed E-state index contributed by atoms with van der Waals surface area (Å²) in [7, 11) is 0. The van der Waals surface area contributed by atoms with Gasteiger partial charge in [0.05, 0.1) is 0 Å². The molecular formula is C10H11F3O. The summed E-state index contributed by atoms with van der Waals surface area (Å²) >= 11 is 0. The van der Waals surface area contributed by atoms with Crippen LogP contribution in [-0.2, 0) is 6.67 Å². The molecule has 1 N–H and O–H groups in total. The Kier molecular flexibility index (Phi) is 3.52. The molecule has 78 valence electrons. The van der Waals surface area contributed by atoms with E-state index >= 15 is 0 Å². The topological polar surface area (TPSA) is 20.2 Å². The van der Waals surface area contributed by atoms with E-state index in [0.29, 0.717) is 0 Å². The van der Waals surface area contributed by atoms with E-state index in [1.807, 2.05) is 0 Å². The molecule has 1 atom stereocenters. The molecule has 1 rings (SSSR count). The number of rotatable bonds is 3. The molecule has 4 heteroatoms. The minimum absolute atomic E-state index is 0.0140. The maximum Gasteiger partial charge on any atom is 0.162 e. The van der Waals surface area contributed by atoms with Crippen molar-refractivity contribution >= 4 is 0 Å². The zero-order valence-corrected chi connectivity index (χ0v) is 7.73. The Morgan fingerprint density at radius 1 is 1.36 bits per heavy atom. The fraction of sp³-hybridized carbons (Fsp3) is 0.400. The lowest BCUT2D eigenvalue weighted by atomic mass is 9.99. The van der Waals surface area contributed by atoms with Gasteiger partial charge in [0.2, 0.25) is 0 Å². The van der Waals surface area contributed by atoms with Crippen molar-refractivity contribution in [3.8, 4) is 0 Å². The lowest BCUT2D eigenvalue weighted by Crippen LogP contribution is -2.05. The third-order valence-electron chi connectivity index (χ3n) is 2.08. The summed E-state index contributed by atoms with van der Waals surface area (Å²) in [5.74, 6) is -2.62. The Labute approximate surface area is 80.2 Å². The number of hydrogen-bond donors (Lipinski definition) is 1. The molecule has 0 fully saturated rings. The first-order chi connectivity index (χ1) is 6.60. The van der Waals surface area contributed by atoms with Crippen molar-refractivity contribution in [2.24, 2.45) is 0 Å². The number of benzene rings is 1. The van der Waals surface area contributed by atoms with Crippen LogP contribution in [0.4, 0.5) is 13.2 Å². The number of hydrogen-bond acceptors (Lipinski definition) is 1. The summed E-state index contributed by atoms with van der Waals surface area (Å²) in [5.41, 5.74) is 0.0966. The number of aliphatic hydroxyl groups excluding tert-OH is 1. The van der Waals surface area contributed by atoms with Crippen LogP contribution >= 0.6 is 0 Å². The van der Waals surface area contributed by atoms with E-state index in [2.05, 4.69) is 0 Å². The van der Waals surface area contributed by atoms with Crippen LogP contribution in [0.25, 0.3) is 0 Å². The highest BCUT2D eigenvalue weighted by molar-refractivity contribution is 5.28. The normalized spacial score (nSPS) is 12.9. The van der Waals surface area contributed by atoms with E-state index in [1.165, 1.54) is 6.07 Å². The molecule has 1 aromatic rings. The molecule has 0 aliphatic carbocycles. The summed E-state index contributed by atoms with van der Waals surface area (Å²) in [5, 5.41) is 8.78. The van der Waals surface area contributed by atoms with Crippen LogP contribution in [0, 0.1) is 11.6 Å². The summed E-state index contributed by atoms with van der Waals surface area (Å²) in [6.45, 7) is 0.397. The first-order valence-corrected chi connectivity index (χ1v) is 4.24. The standard InChI is InChI=1S/C10H11F3O/c1-6(5-14)8-2-7(4-11)3-9(12)10(8)13/h2-3,6,14H,4-5H2,1H3. The molecule has 1 nitrogen and oxygen atoms in total. The van der Waals surface area contributed by atoms with Crippen molar-refractivity contribution in [1.29, 1.82) is 0 Å². The van der Waals surface area contributed by atoms with Gasteiger partial charge in [0, 0.05) is 12.5 Å². The van der Waals surface area contributed by atoms with Crippen LogP contribution in [-0.4, -0.2) is 11.7 Å². The van der Waals surface area contributed by atoms with E-state index < -0.39 is 24.2 Å². The fourth-order valence-corrected chi connectivity index (χ4v) is 1.20. The molecule has 0 saturated heterocycles. The molecule has 1 aromatic carbocycles. The third kappa shape index (κ3) is 2.07. The van der Waals surface area contributed by atoms with Gasteiger partial charge in [-0.3, -0.25) is 0 Å². The Balaban J connectivity index is 3.20. The van der Waals surface area contributed by atoms with Gasteiger partial charge in [0.15, 0.2) is 11.6 Å². The molecule has 0 heterocycles. The van der Waals surface area contributed by atoms with E-state index in [-0.39, 0.29) is 17.7 Å². The second-order valence-corrected chi connectivity index (χ2v) is 3.20. The fourth-order valence-electron chi connectivity index (χ4n) is 1.20. The Morgan fingerprint density at radius 3 is 2.50 bits per heavy atom. The second kappa shape index (κ2) is 4.46. The van der Waals surface area contributed by atoms with Crippen molar-refractivity contribution in [3.63, 3.8) is 0 Å². The smallest absolute Gasteiger partial charge is 0.162 e. The monoisotopic (exact) mass is 204 g/mol. The summed E-state index contributed by atoms with van der Waals surface area (Å²) < 4.78 is 38.3. The van der Waals surface area contributed by atoms with E-state index in [9.17, 15) is 13.2 Å². The summed E-state index contributed by atoms with van der Waals surface area (Å²) in [6, 6.07) is 2.06. The van der Waals surface area contributed by atoms with Crippen molar-refractivity contribution in [2.75, 3.05) is 6.61 Å². The Hall–Kier alpha value is -1.03. The molecule has 0 aliphatic rings. The van der Waals surface area contributed by atoms with Gasteiger partial charge in [-0.2, -0.15) is 0 Å². The van der Waals surface area contributed by atoms with Gasteiger partial charge in [0.1, 0.15) is 6.67 Å². The highest BCUT2D eigenvalue weighted by atomic mass is 19.2. The zero-order valence-electron chi connectivity index (χ0n) is 7.73. The van der Waals surface area contributed by atoms with Gasteiger partial charge in [-0.05, 0) is 23.3 Å². The summed E-state index contributed by atoms with van der Waals surface area (Å²) in [4.78, 5) is 0. The molecule has 0 saturated carbocycles. The molecule has 0 aliphatic heterocycles. The van der Waals surface area contributed by atoms with Gasteiger partial charge in [-0.15, -0.1) is 0 Å². The number of halogens is 3. The van der Waals surface area contributed by atoms with Crippen molar-refractivity contribution in [2.45, 2.75) is 19.5 Å². The largest absolute Gasteiger partial charge is 0.396 e. The molecule has 0 bridgehead atoms. The third-order valence-corrected chi connectivity index (χ3v) is 2.08. The van der Waals surface area contributed by atoms with Gasteiger partial charge < -0.3 is 5.11 Å². The van der Waals surface area contributed by atoms with Gasteiger partial charge >= 0.3 is 0 Å². The summed E-state index contributed by atoms with van der Waals surface area (Å²) in [6.07, 6.45) is 0. The van der Waals surface area contributed by atoms with E-state index in [0.717, 1.165) is 6.07 Å². The van der Waals surface area contributed by atoms with E-state index in [4.69, 9.17) is 5.11 Å². The molecule has 0 spiro atoms. The quantitative estimate of drug-likeness (QED) is 0.802. The zero-order chi connectivity index (χ0) is 10.7. The van der Waals surface area contributed by atoms with Crippen molar-refractivity contribution < 1.29 is 18.3 Å². The SMILES string of the molecule is CC(CO)c1cc(CF)cc(F)c1F. The number of aliphatic hydroxyl groups is 1. The first-order valence-electron chi connectivity index (χ1n) is 4.24. The predicted octanol–water partition coefficient (Wildman–Crippen LogP) is 2.53. The van der Waals surface area contributed by atoms with Gasteiger partial charge in [0.25, 0.3) is 0 Å². The van der Waals surface area contributed by atoms with Gasteiger partial charge in [-0.25, -0.2) is 13.2 Å². The highest BCUT2D eigenvalue weighted by Gasteiger charge is 2.15. The van der Waals surface area contributed by atoms with Crippen molar-refractivity contribution in [3.05, 3.63) is 34.9 Å². The maximum atomic E-state index is 13.1. The van der Waals surface area contributed by atoms with Crippen LogP contribution in [0.15, 0.2) is 12.1 Å². The van der Waals surface area contributed by atoms with Crippen LogP contribution in [0.2, 0.25) is 0 Å². The first kappa shape index (κ1) is 11.0. The van der Waals surface area contributed by atoms with Crippen LogP contribution in [0.1, 0.15) is 24.0 Å². The van der Waals surface area contributed by atoms with Crippen LogP contribution in [0.3, 0.4) is 0 Å². The minimum atomic E-state index is -1.07. The maximum absolute atomic E-state index is 13.1. The molecule has 1 unspecified atom stereocenters. The molecule has 14 heavy (non-hydrogen) atoms. The van der Waals surface area contributed by atoms with Gasteiger partial charge in [-0.1, -0.05) is 6.92 Å². The minimum Gasteiger partial charge on any atom is -0.396 e. The van der Waals surface area contributed by atoms with Crippen molar-refractivity contribution in [1.82, 2.24) is 0 Å². The lowest BCUT2D eigenvalue weighted by molar-refractivity contribution is 0.269. The molecule has 0 aromatic heterocycles. The average Bonchev–Trinajstić information content (AvgIpc) is 2.20. The molecule has 0 amide bonds. The average molecular weight is 204 g/mol. The molecule has 0 radical (unpaired) electrons. The van der Waals surface area contributed by atoms with Crippen LogP contribution in [0.5, 0.6) is 0 Å². The second-order valence-electron chi connectivity index (χ2n) is 3.20. The molecular weight excluding hydrogens is 193 g/mol. The van der Waals surface area contributed by atoms with E-state index in [1.54, 1.807) is 6.92 Å². The Morgan fingerprint density at radius 2 is 2.00 bits per heavy atom. The predicted molar refractivity (Wildman–Crippen MR) is 46.7 cm³/mol. The number of alkyl halides is 1.